The third kappa shape index (κ3) is 2.96. The minimum Gasteiger partial charge on any atom is -0.278 e. The lowest BCUT2D eigenvalue weighted by Gasteiger charge is -1.99. The molecule has 1 aromatic heterocycles. The van der Waals surface area contributed by atoms with Crippen molar-refractivity contribution in [1.29, 1.82) is 0 Å². The molecule has 7 heteroatoms. The van der Waals surface area contributed by atoms with Crippen LogP contribution in [-0.4, -0.2) is 16.0 Å². The van der Waals surface area contributed by atoms with Crippen molar-refractivity contribution in [3.05, 3.63) is 45.2 Å². The van der Waals surface area contributed by atoms with Crippen LogP contribution in [0.3, 0.4) is 0 Å². The van der Waals surface area contributed by atoms with Gasteiger partial charge in [0, 0.05) is 12.1 Å². The SMILES string of the molecule is Cn1nc(Cl)c(C=NNc2cccc(Cl)c2)c1Cl. The first-order valence-corrected chi connectivity index (χ1v) is 6.14. The minimum absolute atomic E-state index is 0.305. The molecule has 1 aromatic carbocycles. The molecule has 94 valence electrons. The van der Waals surface area contributed by atoms with Gasteiger partial charge in [0.25, 0.3) is 0 Å². The molecule has 0 fully saturated rings. The van der Waals surface area contributed by atoms with Crippen molar-refractivity contribution < 1.29 is 0 Å². The summed E-state index contributed by atoms with van der Waals surface area (Å²) in [5.41, 5.74) is 4.17. The van der Waals surface area contributed by atoms with E-state index in [0.717, 1.165) is 5.69 Å². The molecule has 4 nitrogen and oxygen atoms in total. The summed E-state index contributed by atoms with van der Waals surface area (Å²) >= 11 is 17.7. The Bertz CT molecular complexity index is 592. The lowest BCUT2D eigenvalue weighted by Crippen LogP contribution is -1.91. The third-order valence-electron chi connectivity index (χ3n) is 2.18. The van der Waals surface area contributed by atoms with Crippen LogP contribution >= 0.6 is 34.8 Å². The number of aromatic nitrogens is 2. The highest BCUT2D eigenvalue weighted by Crippen LogP contribution is 2.21. The normalized spacial score (nSPS) is 11.1. The predicted octanol–water partition coefficient (Wildman–Crippen LogP) is 3.83. The molecule has 0 aliphatic carbocycles. The maximum Gasteiger partial charge on any atom is 0.161 e. The largest absolute Gasteiger partial charge is 0.278 e. The number of halogens is 3. The van der Waals surface area contributed by atoms with Gasteiger partial charge in [-0.3, -0.25) is 10.1 Å². The molecule has 0 radical (unpaired) electrons. The molecular formula is C11H9Cl3N4. The first kappa shape index (κ1) is 13.2. The molecule has 1 heterocycles. The van der Waals surface area contributed by atoms with Crippen LogP contribution in [0.15, 0.2) is 29.4 Å². The molecular weight excluding hydrogens is 295 g/mol. The quantitative estimate of drug-likeness (QED) is 0.692. The Labute approximate surface area is 119 Å². The summed E-state index contributed by atoms with van der Waals surface area (Å²) in [6.07, 6.45) is 1.51. The number of rotatable bonds is 3. The smallest absolute Gasteiger partial charge is 0.161 e. The lowest BCUT2D eigenvalue weighted by atomic mass is 10.3. The molecule has 2 aromatic rings. The molecule has 0 amide bonds. The molecule has 0 saturated carbocycles. The monoisotopic (exact) mass is 302 g/mol. The maximum absolute atomic E-state index is 6.00. The number of benzene rings is 1. The van der Waals surface area contributed by atoms with E-state index < -0.39 is 0 Å². The van der Waals surface area contributed by atoms with E-state index >= 15 is 0 Å². The molecule has 2 rings (SSSR count). The van der Waals surface area contributed by atoms with Crippen molar-refractivity contribution >= 4 is 46.7 Å². The van der Waals surface area contributed by atoms with Crippen LogP contribution in [0.4, 0.5) is 5.69 Å². The van der Waals surface area contributed by atoms with Crippen LogP contribution < -0.4 is 5.43 Å². The fraction of sp³-hybridized carbons (Fsp3) is 0.0909. The summed E-state index contributed by atoms with van der Waals surface area (Å²) < 4.78 is 1.48. The second-order valence-corrected chi connectivity index (χ2v) is 4.65. The number of hydrazone groups is 1. The molecule has 18 heavy (non-hydrogen) atoms. The zero-order chi connectivity index (χ0) is 13.1. The van der Waals surface area contributed by atoms with E-state index in [0.29, 0.717) is 20.9 Å². The molecule has 0 atom stereocenters. The Kier molecular flexibility index (Phi) is 4.11. The summed E-state index contributed by atoms with van der Waals surface area (Å²) in [6, 6.07) is 7.20. The summed E-state index contributed by atoms with van der Waals surface area (Å²) in [4.78, 5) is 0. The van der Waals surface area contributed by atoms with Gasteiger partial charge in [-0.2, -0.15) is 10.2 Å². The van der Waals surface area contributed by atoms with Gasteiger partial charge in [0.1, 0.15) is 5.15 Å². The third-order valence-corrected chi connectivity index (χ3v) is 3.14. The van der Waals surface area contributed by atoms with E-state index in [1.807, 2.05) is 12.1 Å². The van der Waals surface area contributed by atoms with E-state index in [2.05, 4.69) is 15.6 Å². The van der Waals surface area contributed by atoms with E-state index in [4.69, 9.17) is 34.8 Å². The van der Waals surface area contributed by atoms with Crippen LogP contribution in [0.5, 0.6) is 0 Å². The van der Waals surface area contributed by atoms with E-state index in [-0.39, 0.29) is 0 Å². The van der Waals surface area contributed by atoms with Crippen LogP contribution in [0, 0.1) is 0 Å². The Hall–Kier alpha value is -1.23. The van der Waals surface area contributed by atoms with Gasteiger partial charge >= 0.3 is 0 Å². The Morgan fingerprint density at radius 3 is 2.72 bits per heavy atom. The van der Waals surface area contributed by atoms with Crippen LogP contribution in [0.1, 0.15) is 5.56 Å². The summed E-state index contributed by atoms with van der Waals surface area (Å²) in [7, 11) is 1.70. The van der Waals surface area contributed by atoms with Gasteiger partial charge in [-0.25, -0.2) is 0 Å². The molecule has 1 N–H and O–H groups in total. The topological polar surface area (TPSA) is 42.2 Å². The number of aryl methyl sites for hydroxylation is 1. The molecule has 0 unspecified atom stereocenters. The fourth-order valence-electron chi connectivity index (χ4n) is 1.32. The highest BCUT2D eigenvalue weighted by atomic mass is 35.5. The van der Waals surface area contributed by atoms with Crippen molar-refractivity contribution in [2.75, 3.05) is 5.43 Å². The van der Waals surface area contributed by atoms with Gasteiger partial charge in [-0.05, 0) is 18.2 Å². The second-order valence-electron chi connectivity index (χ2n) is 3.50. The molecule has 0 spiro atoms. The molecule has 0 aliphatic heterocycles. The Morgan fingerprint density at radius 1 is 1.33 bits per heavy atom. The maximum atomic E-state index is 6.00. The Morgan fingerprint density at radius 2 is 2.11 bits per heavy atom. The first-order valence-electron chi connectivity index (χ1n) is 5.00. The number of anilines is 1. The molecule has 0 bridgehead atoms. The van der Waals surface area contributed by atoms with Crippen LogP contribution in [0.2, 0.25) is 15.3 Å². The van der Waals surface area contributed by atoms with Crippen molar-refractivity contribution in [3.63, 3.8) is 0 Å². The van der Waals surface area contributed by atoms with Gasteiger partial charge in [0.05, 0.1) is 17.5 Å². The predicted molar refractivity (Wildman–Crippen MR) is 75.9 cm³/mol. The summed E-state index contributed by atoms with van der Waals surface area (Å²) in [5, 5.41) is 9.36. The van der Waals surface area contributed by atoms with Crippen molar-refractivity contribution in [3.8, 4) is 0 Å². The van der Waals surface area contributed by atoms with Gasteiger partial charge in [-0.15, -0.1) is 0 Å². The van der Waals surface area contributed by atoms with Crippen molar-refractivity contribution in [2.24, 2.45) is 12.1 Å². The number of hydrogen-bond acceptors (Lipinski definition) is 3. The fourth-order valence-corrected chi connectivity index (χ4v) is 1.99. The number of nitrogens with one attached hydrogen (secondary N) is 1. The average molecular weight is 304 g/mol. The average Bonchev–Trinajstić information content (AvgIpc) is 2.56. The second kappa shape index (κ2) is 5.61. The number of hydrogen-bond donors (Lipinski definition) is 1. The summed E-state index contributed by atoms with van der Waals surface area (Å²) in [6.45, 7) is 0. The number of nitrogens with zero attached hydrogens (tertiary/aromatic N) is 3. The van der Waals surface area contributed by atoms with Gasteiger partial charge in [0.2, 0.25) is 0 Å². The van der Waals surface area contributed by atoms with E-state index in [1.54, 1.807) is 19.2 Å². The standard InChI is InChI=1S/C11H9Cl3N4/c1-18-11(14)9(10(13)17-18)6-15-16-8-4-2-3-7(12)5-8/h2-6,16H,1H3. The van der Waals surface area contributed by atoms with Gasteiger partial charge in [-0.1, -0.05) is 40.9 Å². The van der Waals surface area contributed by atoms with Gasteiger partial charge < -0.3 is 0 Å². The van der Waals surface area contributed by atoms with Gasteiger partial charge in [0.15, 0.2) is 5.15 Å². The van der Waals surface area contributed by atoms with E-state index in [9.17, 15) is 0 Å². The molecule has 0 aliphatic rings. The highest BCUT2D eigenvalue weighted by molar-refractivity contribution is 6.37. The minimum atomic E-state index is 0.305. The van der Waals surface area contributed by atoms with Crippen molar-refractivity contribution in [1.82, 2.24) is 9.78 Å². The Balaban J connectivity index is 2.12. The van der Waals surface area contributed by atoms with Crippen LogP contribution in [0.25, 0.3) is 0 Å². The van der Waals surface area contributed by atoms with Crippen LogP contribution in [-0.2, 0) is 7.05 Å². The lowest BCUT2D eigenvalue weighted by molar-refractivity contribution is 0.769. The zero-order valence-corrected chi connectivity index (χ0v) is 11.6. The zero-order valence-electron chi connectivity index (χ0n) is 9.36. The summed E-state index contributed by atoms with van der Waals surface area (Å²) in [5.74, 6) is 0. The van der Waals surface area contributed by atoms with Crippen molar-refractivity contribution in [2.45, 2.75) is 0 Å². The van der Waals surface area contributed by atoms with E-state index in [1.165, 1.54) is 10.9 Å². The molecule has 0 saturated heterocycles. The first-order chi connectivity index (χ1) is 8.58. The highest BCUT2D eigenvalue weighted by Gasteiger charge is 2.10.